The summed E-state index contributed by atoms with van der Waals surface area (Å²) in [6.07, 6.45) is 2.29. The summed E-state index contributed by atoms with van der Waals surface area (Å²) in [5.74, 6) is 0. The van der Waals surface area contributed by atoms with E-state index in [-0.39, 0.29) is 51.0 Å². The molecular weight excluding hydrogens is 551 g/mol. The second kappa shape index (κ2) is 9.07. The number of hydrogen-bond acceptors (Lipinski definition) is 0. The number of fused-ring (bicyclic) bond motifs is 8. The van der Waals surface area contributed by atoms with E-state index in [9.17, 15) is 0 Å². The average Bonchev–Trinajstić information content (AvgIpc) is 3.30. The van der Waals surface area contributed by atoms with Crippen molar-refractivity contribution in [3.05, 3.63) is 96.1 Å². The van der Waals surface area contributed by atoms with E-state index in [4.69, 9.17) is 0 Å². The van der Waals surface area contributed by atoms with E-state index in [1.807, 2.05) is 0 Å². The number of hydrogen-bond donors (Lipinski definition) is 0. The average molecular weight is 575 g/mol. The van der Waals surface area contributed by atoms with Crippen LogP contribution in [0.5, 0.6) is 0 Å². The Morgan fingerprint density at radius 3 is 1.26 bits per heavy atom. The minimum atomic E-state index is -1.80. The van der Waals surface area contributed by atoms with Gasteiger partial charge in [0.2, 0.25) is 0 Å². The molecule has 1 heterocycles. The summed E-state index contributed by atoms with van der Waals surface area (Å²) in [5, 5.41) is 14.5. The molecule has 166 valence electrons. The Morgan fingerprint density at radius 2 is 0.882 bits per heavy atom. The quantitative estimate of drug-likeness (QED) is 0.185. The first-order valence-corrected chi connectivity index (χ1v) is 14.3. The van der Waals surface area contributed by atoms with Crippen molar-refractivity contribution < 1.29 is 51.0 Å². The molecule has 6 aromatic rings. The van der Waals surface area contributed by atoms with Crippen molar-refractivity contribution in [2.45, 2.75) is 25.9 Å². The molecule has 0 aliphatic carbocycles. The van der Waals surface area contributed by atoms with E-state index in [1.54, 1.807) is 21.5 Å². The molecule has 0 bridgehead atoms. The van der Waals surface area contributed by atoms with Crippen LogP contribution in [0.2, 0.25) is 13.1 Å². The van der Waals surface area contributed by atoms with Crippen molar-refractivity contribution in [2.24, 2.45) is 0 Å². The zero-order chi connectivity index (χ0) is 20.7. The molecule has 0 amide bonds. The molecule has 0 radical (unpaired) electrons. The van der Waals surface area contributed by atoms with Crippen molar-refractivity contribution in [3.63, 3.8) is 0 Å². The van der Waals surface area contributed by atoms with Crippen LogP contribution in [-0.4, -0.2) is 8.07 Å². The van der Waals surface area contributed by atoms with Crippen LogP contribution in [0.3, 0.4) is 0 Å². The molecule has 7 rings (SSSR count). The number of benzene rings is 4. The molecule has 0 aromatic heterocycles. The summed E-state index contributed by atoms with van der Waals surface area (Å²) >= 11 is 0. The third-order valence-electron chi connectivity index (χ3n) is 7.71. The molecule has 4 heteroatoms. The molecule has 0 saturated heterocycles. The fourth-order valence-corrected chi connectivity index (χ4v) is 9.45. The van der Waals surface area contributed by atoms with E-state index in [0.717, 1.165) is 12.8 Å². The van der Waals surface area contributed by atoms with Gasteiger partial charge in [-0.25, -0.2) is 0 Å². The molecule has 0 saturated carbocycles. The summed E-state index contributed by atoms with van der Waals surface area (Å²) in [4.78, 5) is 0. The van der Waals surface area contributed by atoms with E-state index in [1.165, 1.54) is 43.1 Å². The first-order valence-electron chi connectivity index (χ1n) is 11.3. The minimum absolute atomic E-state index is 0. The van der Waals surface area contributed by atoms with Gasteiger partial charge in [-0.2, -0.15) is 12.1 Å². The summed E-state index contributed by atoms with van der Waals surface area (Å²) in [6.45, 7) is 5.13. The molecule has 0 atom stereocenters. The van der Waals surface area contributed by atoms with E-state index in [0.29, 0.717) is 0 Å². The molecule has 0 nitrogen and oxygen atoms in total. The Labute approximate surface area is 233 Å². The van der Waals surface area contributed by atoms with E-state index in [2.05, 4.69) is 98.0 Å². The summed E-state index contributed by atoms with van der Waals surface area (Å²) in [5.41, 5.74) is 3.23. The van der Waals surface area contributed by atoms with Gasteiger partial charge in [-0.05, 0) is 10.8 Å². The first kappa shape index (κ1) is 25.4. The van der Waals surface area contributed by atoms with Gasteiger partial charge in [0, 0.05) is 0 Å². The standard InChI is InChI=1S/C30H24Si.2ClH.Zr/c1-31(2)29-17-23-13-19-7-3-5-9-21(19)15-27(23)25(29)11-12-26-28-16-22-10-6-4-8-20(22)14-24(28)18-30(26)31;;;/h3-10,13-18H,11-12H2,1-2H3;2*1H;/q-2;;;+4/p-2. The number of aryl methyl sites for hydroxylation is 2. The van der Waals surface area contributed by atoms with E-state index < -0.39 is 8.07 Å². The Hall–Kier alpha value is -1.70. The van der Waals surface area contributed by atoms with Gasteiger partial charge >= 0.3 is 26.2 Å². The molecule has 0 fully saturated rings. The maximum atomic E-state index is 2.56. The molecule has 0 unspecified atom stereocenters. The summed E-state index contributed by atoms with van der Waals surface area (Å²) < 4.78 is 0. The van der Waals surface area contributed by atoms with Crippen LogP contribution in [0.15, 0.2) is 84.9 Å². The van der Waals surface area contributed by atoms with Gasteiger partial charge in [-0.15, -0.1) is 55.2 Å². The predicted molar refractivity (Wildman–Crippen MR) is 138 cm³/mol. The van der Waals surface area contributed by atoms with Crippen LogP contribution < -0.4 is 35.2 Å². The largest absolute Gasteiger partial charge is 4.00 e. The molecule has 34 heavy (non-hydrogen) atoms. The molecule has 1 aliphatic rings. The van der Waals surface area contributed by atoms with Crippen molar-refractivity contribution in [1.82, 2.24) is 0 Å². The van der Waals surface area contributed by atoms with Gasteiger partial charge in [-0.1, -0.05) is 97.4 Å². The fourth-order valence-electron chi connectivity index (χ4n) is 6.10. The predicted octanol–water partition coefficient (Wildman–Crippen LogP) is 0.664. The molecule has 0 spiro atoms. The Morgan fingerprint density at radius 1 is 0.529 bits per heavy atom. The Kier molecular flexibility index (Phi) is 6.77. The minimum Gasteiger partial charge on any atom is -1.00 e. The SMILES string of the molecule is C[Si]1(C)c2cc3cc4ccccc4cc3[c-]2CC[c-]2c1cc1cc3ccccc3cc12.[Cl-].[Cl-].[Zr+4]. The van der Waals surface area contributed by atoms with Crippen molar-refractivity contribution in [1.29, 1.82) is 0 Å². The van der Waals surface area contributed by atoms with E-state index >= 15 is 0 Å². The zero-order valence-corrected chi connectivity index (χ0v) is 24.2. The second-order valence-corrected chi connectivity index (χ2v) is 14.1. The first-order chi connectivity index (χ1) is 15.1. The summed E-state index contributed by atoms with van der Waals surface area (Å²) in [7, 11) is -1.80. The van der Waals surface area contributed by atoms with Gasteiger partial charge < -0.3 is 24.8 Å². The molecule has 0 N–H and O–H groups in total. The van der Waals surface area contributed by atoms with Gasteiger partial charge in [-0.3, -0.25) is 0 Å². The van der Waals surface area contributed by atoms with Gasteiger partial charge in [0.1, 0.15) is 0 Å². The van der Waals surface area contributed by atoms with Crippen LogP contribution in [0, 0.1) is 0 Å². The Bertz CT molecular complexity index is 1550. The third-order valence-corrected chi connectivity index (χ3v) is 11.3. The molecule has 6 aromatic carbocycles. The van der Waals surface area contributed by atoms with Gasteiger partial charge in [0.25, 0.3) is 0 Å². The number of rotatable bonds is 0. The molecular formula is C30H24Cl2SiZr. The smallest absolute Gasteiger partial charge is 1.00 e. The van der Waals surface area contributed by atoms with Crippen molar-refractivity contribution in [3.8, 4) is 0 Å². The van der Waals surface area contributed by atoms with Crippen LogP contribution in [0.4, 0.5) is 0 Å². The second-order valence-electron chi connectivity index (χ2n) is 9.77. The number of halogens is 2. The van der Waals surface area contributed by atoms with Gasteiger partial charge in [0.15, 0.2) is 0 Å². The summed E-state index contributed by atoms with van der Waals surface area (Å²) in [6, 6.07) is 32.3. The maximum absolute atomic E-state index is 2.56. The fraction of sp³-hybridized carbons (Fsp3) is 0.133. The van der Waals surface area contributed by atoms with Crippen LogP contribution in [0.25, 0.3) is 43.1 Å². The Balaban J connectivity index is 0.000000913. The van der Waals surface area contributed by atoms with Crippen molar-refractivity contribution >= 4 is 61.5 Å². The zero-order valence-electron chi connectivity index (χ0n) is 19.3. The third kappa shape index (κ3) is 3.58. The monoisotopic (exact) mass is 572 g/mol. The maximum Gasteiger partial charge on any atom is 4.00 e. The van der Waals surface area contributed by atoms with Gasteiger partial charge in [0.05, 0.1) is 8.07 Å². The van der Waals surface area contributed by atoms with Crippen LogP contribution >= 0.6 is 0 Å². The van der Waals surface area contributed by atoms with Crippen molar-refractivity contribution in [2.75, 3.05) is 0 Å². The molecule has 1 aliphatic heterocycles. The van der Waals surface area contributed by atoms with Crippen LogP contribution in [0.1, 0.15) is 11.1 Å². The van der Waals surface area contributed by atoms with Crippen LogP contribution in [-0.2, 0) is 39.0 Å². The normalized spacial score (nSPS) is 14.1. The topological polar surface area (TPSA) is 0 Å².